The van der Waals surface area contributed by atoms with Crippen molar-refractivity contribution < 1.29 is 9.59 Å². The second-order valence-electron chi connectivity index (χ2n) is 6.16. The molecule has 1 heterocycles. The van der Waals surface area contributed by atoms with Gasteiger partial charge in [-0.05, 0) is 26.7 Å². The van der Waals surface area contributed by atoms with Crippen molar-refractivity contribution in [1.82, 2.24) is 20.4 Å². The number of rotatable bonds is 8. The Bertz CT molecular complexity index is 354. The van der Waals surface area contributed by atoms with E-state index in [4.69, 9.17) is 0 Å². The van der Waals surface area contributed by atoms with E-state index in [-0.39, 0.29) is 23.9 Å². The first-order valence-electron chi connectivity index (χ1n) is 8.51. The lowest BCUT2D eigenvalue weighted by Crippen LogP contribution is -2.55. The lowest BCUT2D eigenvalue weighted by atomic mass is 10.2. The van der Waals surface area contributed by atoms with E-state index < -0.39 is 0 Å². The maximum absolute atomic E-state index is 12.0. The molecule has 2 N–H and O–H groups in total. The highest BCUT2D eigenvalue weighted by Crippen LogP contribution is 2.06. The van der Waals surface area contributed by atoms with Crippen molar-refractivity contribution in [2.45, 2.75) is 52.6 Å². The molecule has 0 spiro atoms. The molecule has 0 aromatic heterocycles. The molecule has 0 radical (unpaired) electrons. The summed E-state index contributed by atoms with van der Waals surface area (Å²) in [5, 5.41) is 5.94. The van der Waals surface area contributed by atoms with Gasteiger partial charge in [-0.25, -0.2) is 0 Å². The Labute approximate surface area is 134 Å². The van der Waals surface area contributed by atoms with Crippen molar-refractivity contribution in [1.29, 1.82) is 0 Å². The smallest absolute Gasteiger partial charge is 0.237 e. The Morgan fingerprint density at radius 3 is 2.27 bits per heavy atom. The summed E-state index contributed by atoms with van der Waals surface area (Å²) in [6.45, 7) is 12.6. The van der Waals surface area contributed by atoms with Crippen LogP contribution in [0.25, 0.3) is 0 Å². The average molecular weight is 312 g/mol. The number of carbonyl (C=O) groups excluding carboxylic acids is 2. The monoisotopic (exact) mass is 312 g/mol. The molecule has 128 valence electrons. The molecular formula is C16H32N4O2. The van der Waals surface area contributed by atoms with Gasteiger partial charge in [-0.2, -0.15) is 0 Å². The first kappa shape index (κ1) is 18.9. The third-order valence-electron chi connectivity index (χ3n) is 4.27. The summed E-state index contributed by atoms with van der Waals surface area (Å²) < 4.78 is 0. The minimum absolute atomic E-state index is 0.0940. The van der Waals surface area contributed by atoms with Crippen LogP contribution in [0.2, 0.25) is 0 Å². The molecule has 1 rings (SSSR count). The Balaban J connectivity index is 2.30. The molecule has 2 unspecified atom stereocenters. The van der Waals surface area contributed by atoms with E-state index in [0.717, 1.165) is 45.6 Å². The summed E-state index contributed by atoms with van der Waals surface area (Å²) in [5.41, 5.74) is 0. The number of piperazine rings is 1. The maximum Gasteiger partial charge on any atom is 0.237 e. The van der Waals surface area contributed by atoms with Crippen LogP contribution in [0.1, 0.15) is 40.5 Å². The van der Waals surface area contributed by atoms with Gasteiger partial charge >= 0.3 is 0 Å². The topological polar surface area (TPSA) is 64.7 Å². The number of amides is 2. The highest BCUT2D eigenvalue weighted by Gasteiger charge is 2.26. The van der Waals surface area contributed by atoms with Gasteiger partial charge in [0.05, 0.1) is 12.6 Å². The van der Waals surface area contributed by atoms with E-state index >= 15 is 0 Å². The van der Waals surface area contributed by atoms with Gasteiger partial charge in [0.25, 0.3) is 0 Å². The van der Waals surface area contributed by atoms with Crippen LogP contribution in [0.3, 0.4) is 0 Å². The maximum atomic E-state index is 12.0. The zero-order chi connectivity index (χ0) is 16.5. The first-order valence-corrected chi connectivity index (χ1v) is 8.51. The normalized spacial score (nSPS) is 19.5. The van der Waals surface area contributed by atoms with Crippen molar-refractivity contribution in [2.24, 2.45) is 0 Å². The van der Waals surface area contributed by atoms with Crippen molar-refractivity contribution in [3.05, 3.63) is 0 Å². The van der Waals surface area contributed by atoms with Gasteiger partial charge in [0, 0.05) is 38.8 Å². The van der Waals surface area contributed by atoms with Gasteiger partial charge in [-0.15, -0.1) is 0 Å². The van der Waals surface area contributed by atoms with E-state index in [1.54, 1.807) is 0 Å². The predicted octanol–water partition coefficient (Wildman–Crippen LogP) is 0.433. The molecule has 1 aliphatic rings. The largest absolute Gasteiger partial charge is 0.355 e. The Kier molecular flexibility index (Phi) is 8.42. The van der Waals surface area contributed by atoms with Crippen LogP contribution in [0.5, 0.6) is 0 Å². The fraction of sp³-hybridized carbons (Fsp3) is 0.875. The molecule has 0 saturated carbocycles. The van der Waals surface area contributed by atoms with Crippen LogP contribution in [0.15, 0.2) is 0 Å². The van der Waals surface area contributed by atoms with Crippen LogP contribution in [0.4, 0.5) is 0 Å². The molecule has 6 nitrogen and oxygen atoms in total. The summed E-state index contributed by atoms with van der Waals surface area (Å²) in [5.74, 6) is 0.196. The van der Waals surface area contributed by atoms with Crippen molar-refractivity contribution >= 4 is 11.8 Å². The zero-order valence-corrected chi connectivity index (χ0v) is 14.5. The van der Waals surface area contributed by atoms with Crippen molar-refractivity contribution in [3.8, 4) is 0 Å². The molecular weight excluding hydrogens is 280 g/mol. The molecule has 0 aromatic carbocycles. The average Bonchev–Trinajstić information content (AvgIpc) is 2.52. The Morgan fingerprint density at radius 2 is 1.73 bits per heavy atom. The van der Waals surface area contributed by atoms with Crippen molar-refractivity contribution in [3.63, 3.8) is 0 Å². The second kappa shape index (κ2) is 9.79. The summed E-state index contributed by atoms with van der Waals surface area (Å²) >= 11 is 0. The summed E-state index contributed by atoms with van der Waals surface area (Å²) in [6, 6.07) is 0.138. The van der Waals surface area contributed by atoms with Gasteiger partial charge in [0.2, 0.25) is 11.8 Å². The number of hydrogen-bond acceptors (Lipinski definition) is 4. The van der Waals surface area contributed by atoms with Crippen LogP contribution >= 0.6 is 0 Å². The first-order chi connectivity index (χ1) is 10.5. The van der Waals surface area contributed by atoms with E-state index in [1.807, 2.05) is 20.8 Å². The second-order valence-corrected chi connectivity index (χ2v) is 6.16. The Hall–Kier alpha value is -1.14. The standard InChI is InChI=1S/C16H32N4O2/c1-5-7-17-16(22)14(4)20-10-8-19(9-11-20)12-15(21)18-13(3)6-2/h13-14H,5-12H2,1-4H3,(H,17,22)(H,18,21). The zero-order valence-electron chi connectivity index (χ0n) is 14.5. The van der Waals surface area contributed by atoms with E-state index in [9.17, 15) is 9.59 Å². The van der Waals surface area contributed by atoms with Gasteiger partial charge < -0.3 is 10.6 Å². The van der Waals surface area contributed by atoms with Crippen LogP contribution in [0, 0.1) is 0 Å². The van der Waals surface area contributed by atoms with Gasteiger partial charge in [0.1, 0.15) is 0 Å². The third-order valence-corrected chi connectivity index (χ3v) is 4.27. The van der Waals surface area contributed by atoms with Crippen LogP contribution < -0.4 is 10.6 Å². The molecule has 0 aliphatic carbocycles. The fourth-order valence-corrected chi connectivity index (χ4v) is 2.50. The molecule has 0 aromatic rings. The van der Waals surface area contributed by atoms with Crippen LogP contribution in [-0.4, -0.2) is 73.0 Å². The number of nitrogens with one attached hydrogen (secondary N) is 2. The lowest BCUT2D eigenvalue weighted by molar-refractivity contribution is -0.128. The SMILES string of the molecule is CCCNC(=O)C(C)N1CCN(CC(=O)NC(C)CC)CC1. The number of hydrogen-bond donors (Lipinski definition) is 2. The minimum atomic E-state index is -0.0948. The van der Waals surface area contributed by atoms with Gasteiger partial charge in [-0.1, -0.05) is 13.8 Å². The highest BCUT2D eigenvalue weighted by atomic mass is 16.2. The molecule has 1 fully saturated rings. The number of carbonyl (C=O) groups is 2. The number of nitrogens with zero attached hydrogens (tertiary/aromatic N) is 2. The van der Waals surface area contributed by atoms with E-state index in [2.05, 4.69) is 27.4 Å². The van der Waals surface area contributed by atoms with E-state index in [0.29, 0.717) is 6.54 Å². The Morgan fingerprint density at radius 1 is 1.09 bits per heavy atom. The summed E-state index contributed by atoms with van der Waals surface area (Å²) in [7, 11) is 0. The predicted molar refractivity (Wildman–Crippen MR) is 88.7 cm³/mol. The highest BCUT2D eigenvalue weighted by molar-refractivity contribution is 5.81. The quantitative estimate of drug-likeness (QED) is 0.682. The molecule has 1 aliphatic heterocycles. The molecule has 6 heteroatoms. The molecule has 2 amide bonds. The summed E-state index contributed by atoms with van der Waals surface area (Å²) in [4.78, 5) is 28.2. The lowest BCUT2D eigenvalue weighted by Gasteiger charge is -2.37. The molecule has 1 saturated heterocycles. The third kappa shape index (κ3) is 6.32. The minimum Gasteiger partial charge on any atom is -0.355 e. The van der Waals surface area contributed by atoms with Crippen LogP contribution in [-0.2, 0) is 9.59 Å². The molecule has 2 atom stereocenters. The summed E-state index contributed by atoms with van der Waals surface area (Å²) in [6.07, 6.45) is 1.90. The molecule has 22 heavy (non-hydrogen) atoms. The van der Waals surface area contributed by atoms with Crippen molar-refractivity contribution in [2.75, 3.05) is 39.3 Å². The van der Waals surface area contributed by atoms with E-state index in [1.165, 1.54) is 0 Å². The molecule has 0 bridgehead atoms. The fourth-order valence-electron chi connectivity index (χ4n) is 2.50. The van der Waals surface area contributed by atoms with Gasteiger partial charge in [0.15, 0.2) is 0 Å². The van der Waals surface area contributed by atoms with Gasteiger partial charge in [-0.3, -0.25) is 19.4 Å².